The van der Waals surface area contributed by atoms with Crippen LogP contribution in [0.3, 0.4) is 0 Å². The monoisotopic (exact) mass is 320 g/mol. The van der Waals surface area contributed by atoms with E-state index in [1.54, 1.807) is 6.20 Å². The second-order valence-corrected chi connectivity index (χ2v) is 5.81. The number of aromatic nitrogens is 4. The van der Waals surface area contributed by atoms with Crippen molar-refractivity contribution < 1.29 is 0 Å². The summed E-state index contributed by atoms with van der Waals surface area (Å²) in [7, 11) is 0. The van der Waals surface area contributed by atoms with Gasteiger partial charge in [-0.3, -0.25) is 9.36 Å². The van der Waals surface area contributed by atoms with Gasteiger partial charge < -0.3 is 10.6 Å². The van der Waals surface area contributed by atoms with Gasteiger partial charge in [-0.2, -0.15) is 10.2 Å². The van der Waals surface area contributed by atoms with Gasteiger partial charge in [0.2, 0.25) is 0 Å². The molecule has 2 aromatic heterocycles. The molecular weight excluding hydrogens is 296 g/mol. The molecule has 2 N–H and O–H groups in total. The Morgan fingerprint density at radius 3 is 2.73 bits per heavy atom. The van der Waals surface area contributed by atoms with Gasteiger partial charge in [0.05, 0.1) is 24.6 Å². The van der Waals surface area contributed by atoms with Crippen LogP contribution in [0.2, 0.25) is 0 Å². The van der Waals surface area contributed by atoms with Crippen molar-refractivity contribution in [1.82, 2.24) is 24.9 Å². The van der Waals surface area contributed by atoms with Crippen molar-refractivity contribution in [1.29, 1.82) is 0 Å². The molecule has 0 radical (unpaired) electrons. The molecule has 2 heterocycles. The summed E-state index contributed by atoms with van der Waals surface area (Å²) in [6.07, 6.45) is 6.67. The van der Waals surface area contributed by atoms with Crippen molar-refractivity contribution in [2.45, 2.75) is 53.2 Å². The lowest BCUT2D eigenvalue weighted by atomic mass is 10.2. The standard InChI is InChI=1S/C15H24N6S/c1-5-11(3)18-15(22)19-14-8-16-20(10-14)9-13-7-17-21(6-2)12(13)4/h7-8,10-11H,5-6,9H2,1-4H3,(H2,18,19,22). The molecule has 0 aromatic carbocycles. The Kier molecular flexibility index (Phi) is 5.54. The van der Waals surface area contributed by atoms with E-state index in [0.29, 0.717) is 17.7 Å². The van der Waals surface area contributed by atoms with E-state index in [9.17, 15) is 0 Å². The maximum atomic E-state index is 5.28. The zero-order chi connectivity index (χ0) is 16.1. The second-order valence-electron chi connectivity index (χ2n) is 5.41. The molecule has 1 unspecified atom stereocenters. The normalized spacial score (nSPS) is 12.2. The minimum atomic E-state index is 0.359. The summed E-state index contributed by atoms with van der Waals surface area (Å²) in [5, 5.41) is 15.7. The SMILES string of the molecule is CCC(C)NC(=S)Nc1cnn(Cc2cnn(CC)c2C)c1. The molecule has 1 atom stereocenters. The van der Waals surface area contributed by atoms with E-state index in [0.717, 1.165) is 18.7 Å². The summed E-state index contributed by atoms with van der Waals surface area (Å²) < 4.78 is 3.88. The molecule has 2 rings (SSSR count). The lowest BCUT2D eigenvalue weighted by Gasteiger charge is -2.14. The molecule has 0 fully saturated rings. The van der Waals surface area contributed by atoms with Gasteiger partial charge in [-0.1, -0.05) is 6.92 Å². The highest BCUT2D eigenvalue weighted by molar-refractivity contribution is 7.80. The van der Waals surface area contributed by atoms with Gasteiger partial charge in [0.1, 0.15) is 0 Å². The molecule has 0 amide bonds. The zero-order valence-electron chi connectivity index (χ0n) is 13.6. The summed E-state index contributed by atoms with van der Waals surface area (Å²) in [4.78, 5) is 0. The van der Waals surface area contributed by atoms with E-state index in [4.69, 9.17) is 12.2 Å². The maximum absolute atomic E-state index is 5.28. The Morgan fingerprint density at radius 2 is 2.09 bits per heavy atom. The van der Waals surface area contributed by atoms with Crippen LogP contribution in [0.25, 0.3) is 0 Å². The molecule has 0 aliphatic carbocycles. The van der Waals surface area contributed by atoms with Crippen LogP contribution >= 0.6 is 12.2 Å². The molecular formula is C15H24N6S. The van der Waals surface area contributed by atoms with Crippen molar-refractivity contribution in [2.75, 3.05) is 5.32 Å². The van der Waals surface area contributed by atoms with E-state index < -0.39 is 0 Å². The molecule has 0 aliphatic heterocycles. The third-order valence-electron chi connectivity index (χ3n) is 3.72. The molecule has 7 heteroatoms. The first-order chi connectivity index (χ1) is 10.5. The number of hydrogen-bond donors (Lipinski definition) is 2. The molecule has 0 saturated heterocycles. The van der Waals surface area contributed by atoms with Gasteiger partial charge >= 0.3 is 0 Å². The summed E-state index contributed by atoms with van der Waals surface area (Å²) in [6.45, 7) is 9.99. The number of hydrogen-bond acceptors (Lipinski definition) is 3. The molecule has 22 heavy (non-hydrogen) atoms. The Morgan fingerprint density at radius 1 is 1.32 bits per heavy atom. The van der Waals surface area contributed by atoms with Crippen molar-refractivity contribution in [3.63, 3.8) is 0 Å². The van der Waals surface area contributed by atoms with E-state index in [2.05, 4.69) is 48.5 Å². The minimum absolute atomic E-state index is 0.359. The van der Waals surface area contributed by atoms with Gasteiger partial charge in [-0.25, -0.2) is 0 Å². The number of nitrogens with one attached hydrogen (secondary N) is 2. The van der Waals surface area contributed by atoms with E-state index in [1.807, 2.05) is 21.8 Å². The predicted octanol–water partition coefficient (Wildman–Crippen LogP) is 2.54. The van der Waals surface area contributed by atoms with E-state index in [-0.39, 0.29) is 0 Å². The third kappa shape index (κ3) is 4.07. The van der Waals surface area contributed by atoms with E-state index in [1.165, 1.54) is 11.3 Å². The summed E-state index contributed by atoms with van der Waals surface area (Å²) in [5.74, 6) is 0. The van der Waals surface area contributed by atoms with E-state index >= 15 is 0 Å². The Bertz CT molecular complexity index is 630. The van der Waals surface area contributed by atoms with Crippen molar-refractivity contribution in [2.24, 2.45) is 0 Å². The van der Waals surface area contributed by atoms with Gasteiger partial charge in [0.15, 0.2) is 5.11 Å². The molecule has 0 aliphatic rings. The number of thiocarbonyl (C=S) groups is 1. The predicted molar refractivity (Wildman–Crippen MR) is 93.1 cm³/mol. The van der Waals surface area contributed by atoms with Gasteiger partial charge in [-0.15, -0.1) is 0 Å². The minimum Gasteiger partial charge on any atom is -0.360 e. The first-order valence-corrected chi connectivity index (χ1v) is 8.05. The molecule has 2 aromatic rings. The Balaban J connectivity index is 1.96. The van der Waals surface area contributed by atoms with Crippen LogP contribution < -0.4 is 10.6 Å². The summed E-state index contributed by atoms with van der Waals surface area (Å²) in [5.41, 5.74) is 3.25. The van der Waals surface area contributed by atoms with Crippen molar-refractivity contribution in [3.05, 3.63) is 29.8 Å². The number of nitrogens with zero attached hydrogens (tertiary/aromatic N) is 4. The number of rotatable bonds is 6. The Labute approximate surface area is 136 Å². The average molecular weight is 320 g/mol. The van der Waals surface area contributed by atoms with Crippen molar-refractivity contribution >= 4 is 23.0 Å². The van der Waals surface area contributed by atoms with Crippen LogP contribution in [0.15, 0.2) is 18.6 Å². The highest BCUT2D eigenvalue weighted by Gasteiger charge is 2.08. The molecule has 0 saturated carbocycles. The van der Waals surface area contributed by atoms with Gasteiger partial charge in [0.25, 0.3) is 0 Å². The average Bonchev–Trinajstić information content (AvgIpc) is 3.06. The lowest BCUT2D eigenvalue weighted by molar-refractivity contribution is 0.633. The highest BCUT2D eigenvalue weighted by atomic mass is 32.1. The zero-order valence-corrected chi connectivity index (χ0v) is 14.4. The molecule has 6 nitrogen and oxygen atoms in total. The van der Waals surface area contributed by atoms with Crippen LogP contribution in [0.5, 0.6) is 0 Å². The van der Waals surface area contributed by atoms with Crippen LogP contribution in [-0.4, -0.2) is 30.7 Å². The topological polar surface area (TPSA) is 59.7 Å². The maximum Gasteiger partial charge on any atom is 0.171 e. The van der Waals surface area contributed by atoms with Crippen LogP contribution in [-0.2, 0) is 13.1 Å². The summed E-state index contributed by atoms with van der Waals surface area (Å²) >= 11 is 5.28. The third-order valence-corrected chi connectivity index (χ3v) is 3.94. The fraction of sp³-hybridized carbons (Fsp3) is 0.533. The molecule has 120 valence electrons. The van der Waals surface area contributed by atoms with Crippen LogP contribution in [0.1, 0.15) is 38.4 Å². The fourth-order valence-corrected chi connectivity index (χ4v) is 2.46. The second kappa shape index (κ2) is 7.40. The van der Waals surface area contributed by atoms with Crippen LogP contribution in [0, 0.1) is 6.92 Å². The van der Waals surface area contributed by atoms with Gasteiger partial charge in [-0.05, 0) is 39.4 Å². The fourth-order valence-electron chi connectivity index (χ4n) is 2.14. The number of anilines is 1. The smallest absolute Gasteiger partial charge is 0.171 e. The van der Waals surface area contributed by atoms with Crippen LogP contribution in [0.4, 0.5) is 5.69 Å². The van der Waals surface area contributed by atoms with Crippen molar-refractivity contribution in [3.8, 4) is 0 Å². The lowest BCUT2D eigenvalue weighted by Crippen LogP contribution is -2.35. The quantitative estimate of drug-likeness (QED) is 0.801. The molecule has 0 bridgehead atoms. The first-order valence-electron chi connectivity index (χ1n) is 7.64. The Hall–Kier alpha value is -1.89. The number of aryl methyl sites for hydroxylation is 1. The first kappa shape index (κ1) is 16.5. The highest BCUT2D eigenvalue weighted by Crippen LogP contribution is 2.11. The molecule has 0 spiro atoms. The summed E-state index contributed by atoms with van der Waals surface area (Å²) in [6, 6.07) is 0.359. The van der Waals surface area contributed by atoms with Gasteiger partial charge in [0, 0.05) is 30.0 Å². The largest absolute Gasteiger partial charge is 0.360 e.